The van der Waals surface area contributed by atoms with Crippen molar-refractivity contribution in [2.45, 2.75) is 12.7 Å². The van der Waals surface area contributed by atoms with Crippen molar-refractivity contribution in [3.8, 4) is 5.88 Å². The number of aromatic nitrogens is 1. The molecule has 134 valence electrons. The molecule has 2 aromatic rings. The van der Waals surface area contributed by atoms with E-state index in [0.29, 0.717) is 10.0 Å². The molecule has 0 aliphatic heterocycles. The highest BCUT2D eigenvalue weighted by atomic mass is 79.9. The second kappa shape index (κ2) is 7.68. The number of hydrogen-bond donors (Lipinski definition) is 2. The topological polar surface area (TPSA) is 77.2 Å². The fourth-order valence-electron chi connectivity index (χ4n) is 1.92. The van der Waals surface area contributed by atoms with Gasteiger partial charge >= 0.3 is 6.18 Å². The molecule has 0 fully saturated rings. The van der Waals surface area contributed by atoms with E-state index in [9.17, 15) is 22.4 Å². The number of anilines is 1. The number of rotatable bonds is 6. The van der Waals surface area contributed by atoms with Gasteiger partial charge in [-0.2, -0.15) is 13.2 Å². The lowest BCUT2D eigenvalue weighted by molar-refractivity contribution is -0.154. The van der Waals surface area contributed by atoms with Crippen molar-refractivity contribution in [3.05, 3.63) is 51.9 Å². The Bertz CT molecular complexity index is 767. The van der Waals surface area contributed by atoms with E-state index in [0.717, 1.165) is 6.07 Å². The number of hydrogen-bond acceptors (Lipinski definition) is 4. The van der Waals surface area contributed by atoms with Crippen LogP contribution in [0, 0.1) is 5.82 Å². The van der Waals surface area contributed by atoms with Crippen molar-refractivity contribution < 1.29 is 27.1 Å². The molecular weight excluding hydrogens is 410 g/mol. The molecule has 25 heavy (non-hydrogen) atoms. The highest BCUT2D eigenvalue weighted by Gasteiger charge is 2.28. The summed E-state index contributed by atoms with van der Waals surface area (Å²) >= 11 is 3.11. The third-order valence-electron chi connectivity index (χ3n) is 2.97. The van der Waals surface area contributed by atoms with Crippen LogP contribution in [0.4, 0.5) is 23.2 Å². The molecule has 10 heteroatoms. The van der Waals surface area contributed by atoms with Gasteiger partial charge < -0.3 is 15.8 Å². The van der Waals surface area contributed by atoms with E-state index in [2.05, 4.69) is 31.0 Å². The van der Waals surface area contributed by atoms with Crippen molar-refractivity contribution in [3.63, 3.8) is 0 Å². The molecule has 0 aliphatic rings. The molecule has 0 spiro atoms. The molecule has 2 rings (SSSR count). The normalized spacial score (nSPS) is 11.2. The lowest BCUT2D eigenvalue weighted by atomic mass is 10.1. The van der Waals surface area contributed by atoms with E-state index < -0.39 is 24.5 Å². The molecule has 1 aromatic heterocycles. The molecule has 5 nitrogen and oxygen atoms in total. The first kappa shape index (κ1) is 19.0. The Labute approximate surface area is 148 Å². The lowest BCUT2D eigenvalue weighted by Crippen LogP contribution is -2.19. The molecule has 0 aliphatic carbocycles. The molecule has 1 heterocycles. The zero-order chi connectivity index (χ0) is 18.6. The van der Waals surface area contributed by atoms with E-state index in [1.54, 1.807) is 0 Å². The maximum Gasteiger partial charge on any atom is 0.422 e. The summed E-state index contributed by atoms with van der Waals surface area (Å²) in [5, 5.41) is 2.84. The number of nitrogens with two attached hydrogens (primary N) is 1. The highest BCUT2D eigenvalue weighted by molar-refractivity contribution is 9.10. The number of nitrogens with zero attached hydrogens (tertiary/aromatic N) is 1. The van der Waals surface area contributed by atoms with E-state index in [4.69, 9.17) is 5.73 Å². The predicted molar refractivity (Wildman–Crippen MR) is 85.7 cm³/mol. The van der Waals surface area contributed by atoms with Crippen molar-refractivity contribution in [1.29, 1.82) is 0 Å². The third-order valence-corrected chi connectivity index (χ3v) is 3.42. The van der Waals surface area contributed by atoms with Gasteiger partial charge in [0, 0.05) is 23.3 Å². The first-order valence-electron chi connectivity index (χ1n) is 6.83. The minimum atomic E-state index is -4.45. The number of primary amides is 1. The number of pyridine rings is 1. The molecule has 0 radical (unpaired) electrons. The van der Waals surface area contributed by atoms with Crippen LogP contribution in [0.3, 0.4) is 0 Å². The molecule has 0 saturated heterocycles. The van der Waals surface area contributed by atoms with E-state index in [1.165, 1.54) is 24.4 Å². The summed E-state index contributed by atoms with van der Waals surface area (Å²) in [5.74, 6) is -1.88. The van der Waals surface area contributed by atoms with Gasteiger partial charge in [0.2, 0.25) is 5.88 Å². The number of alkyl halides is 3. The van der Waals surface area contributed by atoms with Gasteiger partial charge in [-0.3, -0.25) is 4.79 Å². The Kier molecular flexibility index (Phi) is 5.83. The van der Waals surface area contributed by atoms with Crippen molar-refractivity contribution in [2.75, 3.05) is 11.9 Å². The van der Waals surface area contributed by atoms with Crippen molar-refractivity contribution in [2.24, 2.45) is 5.73 Å². The highest BCUT2D eigenvalue weighted by Crippen LogP contribution is 2.25. The summed E-state index contributed by atoms with van der Waals surface area (Å²) in [6.45, 7) is -1.29. The fraction of sp³-hybridized carbons (Fsp3) is 0.200. The number of amides is 1. The van der Waals surface area contributed by atoms with Crippen LogP contribution < -0.4 is 15.8 Å². The van der Waals surface area contributed by atoms with Gasteiger partial charge in [0.15, 0.2) is 6.61 Å². The number of carbonyl (C=O) groups excluding carboxylic acids is 1. The Hall–Kier alpha value is -2.36. The Morgan fingerprint density at radius 2 is 2.04 bits per heavy atom. The molecule has 1 amide bonds. The van der Waals surface area contributed by atoms with Crippen LogP contribution in [-0.2, 0) is 6.54 Å². The van der Waals surface area contributed by atoms with Crippen LogP contribution in [0.1, 0.15) is 15.9 Å². The van der Waals surface area contributed by atoms with E-state index in [-0.39, 0.29) is 23.7 Å². The summed E-state index contributed by atoms with van der Waals surface area (Å²) in [7, 11) is 0. The van der Waals surface area contributed by atoms with Crippen molar-refractivity contribution in [1.82, 2.24) is 4.98 Å². The zero-order valence-corrected chi connectivity index (χ0v) is 14.1. The van der Waals surface area contributed by atoms with Gasteiger partial charge in [-0.05, 0) is 17.7 Å². The first-order chi connectivity index (χ1) is 11.7. The van der Waals surface area contributed by atoms with Gasteiger partial charge in [-0.1, -0.05) is 22.0 Å². The summed E-state index contributed by atoms with van der Waals surface area (Å²) < 4.78 is 54.9. The van der Waals surface area contributed by atoms with Crippen molar-refractivity contribution >= 4 is 27.5 Å². The Balaban J connectivity index is 2.06. The zero-order valence-electron chi connectivity index (χ0n) is 12.5. The molecule has 0 atom stereocenters. The van der Waals surface area contributed by atoms with Crippen LogP contribution >= 0.6 is 15.9 Å². The third kappa shape index (κ3) is 5.59. The molecule has 0 unspecified atom stereocenters. The van der Waals surface area contributed by atoms with E-state index >= 15 is 0 Å². The Morgan fingerprint density at radius 3 is 2.60 bits per heavy atom. The lowest BCUT2D eigenvalue weighted by Gasteiger charge is -2.12. The van der Waals surface area contributed by atoms with Crippen LogP contribution in [0.2, 0.25) is 0 Å². The van der Waals surface area contributed by atoms with Gasteiger partial charge in [0.05, 0.1) is 11.3 Å². The van der Waals surface area contributed by atoms with Crippen LogP contribution in [0.15, 0.2) is 34.9 Å². The SMILES string of the molecule is NC(=O)c1c(F)cc(Br)cc1NCc1ccc(OCC(F)(F)F)nc1. The standard InChI is InChI=1S/C15H12BrF4N3O2/c16-9-3-10(17)13(14(21)24)11(4-9)22-5-8-1-2-12(23-6-8)25-7-15(18,19)20/h1-4,6,22H,5,7H2,(H2,21,24). The predicted octanol–water partition coefficient (Wildman–Crippen LogP) is 3.64. The molecular formula is C15H12BrF4N3O2. The second-order valence-corrected chi connectivity index (χ2v) is 5.85. The van der Waals surface area contributed by atoms with E-state index in [1.807, 2.05) is 0 Å². The molecule has 0 bridgehead atoms. The van der Waals surface area contributed by atoms with Gasteiger partial charge in [0.1, 0.15) is 5.82 Å². The average Bonchev–Trinajstić information content (AvgIpc) is 2.50. The summed E-state index contributed by atoms with van der Waals surface area (Å²) in [4.78, 5) is 15.1. The fourth-order valence-corrected chi connectivity index (χ4v) is 2.35. The summed E-state index contributed by atoms with van der Waals surface area (Å²) in [6, 6.07) is 5.36. The second-order valence-electron chi connectivity index (χ2n) is 4.94. The van der Waals surface area contributed by atoms with Gasteiger partial charge in [-0.15, -0.1) is 0 Å². The van der Waals surface area contributed by atoms with Gasteiger partial charge in [-0.25, -0.2) is 9.37 Å². The maximum absolute atomic E-state index is 13.8. The number of benzene rings is 1. The smallest absolute Gasteiger partial charge is 0.422 e. The minimum absolute atomic E-state index is 0.142. The quantitative estimate of drug-likeness (QED) is 0.698. The number of carbonyl (C=O) groups is 1. The maximum atomic E-state index is 13.8. The average molecular weight is 422 g/mol. The molecule has 0 saturated carbocycles. The number of ether oxygens (including phenoxy) is 1. The Morgan fingerprint density at radius 1 is 1.32 bits per heavy atom. The van der Waals surface area contributed by atoms with Crippen LogP contribution in [-0.4, -0.2) is 23.7 Å². The summed E-state index contributed by atoms with van der Waals surface area (Å²) in [5.41, 5.74) is 5.63. The molecule has 1 aromatic carbocycles. The van der Waals surface area contributed by atoms with Gasteiger partial charge in [0.25, 0.3) is 5.91 Å². The largest absolute Gasteiger partial charge is 0.468 e. The number of nitrogens with one attached hydrogen (secondary N) is 1. The first-order valence-corrected chi connectivity index (χ1v) is 7.62. The van der Waals surface area contributed by atoms with Crippen LogP contribution in [0.25, 0.3) is 0 Å². The van der Waals surface area contributed by atoms with Crippen LogP contribution in [0.5, 0.6) is 5.88 Å². The monoisotopic (exact) mass is 421 g/mol. The minimum Gasteiger partial charge on any atom is -0.468 e. The number of halogens is 5. The molecule has 3 N–H and O–H groups in total. The summed E-state index contributed by atoms with van der Waals surface area (Å²) in [6.07, 6.45) is -3.14.